The van der Waals surface area contributed by atoms with Gasteiger partial charge in [-0.05, 0) is 19.9 Å². The Bertz CT molecular complexity index is 150. The molecule has 0 saturated carbocycles. The van der Waals surface area contributed by atoms with Gasteiger partial charge >= 0.3 is 5.97 Å². The number of aliphatic hydroxyl groups is 1. The Balaban J connectivity index is 3.60. The van der Waals surface area contributed by atoms with Gasteiger partial charge in [0.15, 0.2) is 0 Å². The Hall–Kier alpha value is -0.610. The van der Waals surface area contributed by atoms with Gasteiger partial charge in [-0.2, -0.15) is 0 Å². The summed E-state index contributed by atoms with van der Waals surface area (Å²) in [5.74, 6) is -0.0189. The van der Waals surface area contributed by atoms with Crippen LogP contribution in [0.3, 0.4) is 0 Å². The molecule has 0 aromatic carbocycles. The topological polar surface area (TPSA) is 49.8 Å². The number of esters is 1. The first-order valence-electron chi connectivity index (χ1n) is 4.55. The first kappa shape index (κ1) is 12.4. The molecule has 1 unspecified atom stereocenters. The van der Waals surface area contributed by atoms with Crippen LogP contribution in [0.2, 0.25) is 0 Å². The molecule has 0 aliphatic rings. The normalized spacial score (nSPS) is 13.0. The van der Waals surface area contributed by atoms with Gasteiger partial charge in [0, 0.05) is 13.2 Å². The van der Waals surface area contributed by atoms with Crippen LogP contribution < -0.4 is 0 Å². The molecule has 0 radical (unpaired) electrons. The highest BCUT2D eigenvalue weighted by atomic mass is 16.5. The summed E-state index contributed by atoms with van der Waals surface area (Å²) in [5.41, 5.74) is 0. The van der Waals surface area contributed by atoms with Gasteiger partial charge < -0.3 is 9.84 Å². The SMILES string of the molecule is CCOC(=O)CN(C)CC(C)CO. The third kappa shape index (κ3) is 6.54. The standard InChI is InChI=1S/C9H19NO3/c1-4-13-9(12)6-10(3)5-8(2)7-11/h8,11H,4-7H2,1-3H3. The van der Waals surface area contributed by atoms with Gasteiger partial charge in [0.2, 0.25) is 0 Å². The molecule has 0 rings (SSSR count). The average molecular weight is 189 g/mol. The Labute approximate surface area is 79.5 Å². The molecule has 0 amide bonds. The Morgan fingerprint density at radius 1 is 1.62 bits per heavy atom. The first-order valence-corrected chi connectivity index (χ1v) is 4.55. The molecule has 0 bridgehead atoms. The highest BCUT2D eigenvalue weighted by molar-refractivity contribution is 5.71. The lowest BCUT2D eigenvalue weighted by Gasteiger charge is -2.18. The minimum absolute atomic E-state index is 0.146. The van der Waals surface area contributed by atoms with E-state index in [0.717, 1.165) is 0 Å². The maximum absolute atomic E-state index is 11.0. The van der Waals surface area contributed by atoms with Crippen LogP contribution in [0.4, 0.5) is 0 Å². The Morgan fingerprint density at radius 2 is 2.23 bits per heavy atom. The fourth-order valence-electron chi connectivity index (χ4n) is 1.08. The number of carbonyl (C=O) groups excluding carboxylic acids is 1. The van der Waals surface area contributed by atoms with Crippen molar-refractivity contribution in [1.82, 2.24) is 4.90 Å². The van der Waals surface area contributed by atoms with E-state index in [1.807, 2.05) is 18.9 Å². The average Bonchev–Trinajstić information content (AvgIpc) is 2.04. The van der Waals surface area contributed by atoms with Crippen molar-refractivity contribution in [3.8, 4) is 0 Å². The number of carbonyl (C=O) groups is 1. The summed E-state index contributed by atoms with van der Waals surface area (Å²) in [6.07, 6.45) is 0. The van der Waals surface area contributed by atoms with Crippen molar-refractivity contribution in [2.45, 2.75) is 13.8 Å². The molecule has 0 heterocycles. The van der Waals surface area contributed by atoms with Crippen LogP contribution >= 0.6 is 0 Å². The van der Waals surface area contributed by atoms with Crippen LogP contribution in [-0.4, -0.2) is 49.3 Å². The molecule has 78 valence electrons. The minimum Gasteiger partial charge on any atom is -0.465 e. The molecule has 1 atom stereocenters. The van der Waals surface area contributed by atoms with Gasteiger partial charge in [0.25, 0.3) is 0 Å². The second-order valence-electron chi connectivity index (χ2n) is 3.29. The monoisotopic (exact) mass is 189 g/mol. The van der Waals surface area contributed by atoms with Gasteiger partial charge in [-0.1, -0.05) is 6.92 Å². The molecule has 0 aromatic heterocycles. The number of hydrogen-bond donors (Lipinski definition) is 1. The van der Waals surface area contributed by atoms with Crippen molar-refractivity contribution in [2.24, 2.45) is 5.92 Å². The van der Waals surface area contributed by atoms with Crippen LogP contribution in [0.15, 0.2) is 0 Å². The largest absolute Gasteiger partial charge is 0.465 e. The Morgan fingerprint density at radius 3 is 2.69 bits per heavy atom. The number of rotatable bonds is 6. The van der Waals surface area contributed by atoms with Crippen molar-refractivity contribution >= 4 is 5.97 Å². The fraction of sp³-hybridized carbons (Fsp3) is 0.889. The summed E-state index contributed by atoms with van der Waals surface area (Å²) in [6, 6.07) is 0. The van der Waals surface area contributed by atoms with E-state index in [0.29, 0.717) is 13.2 Å². The summed E-state index contributed by atoms with van der Waals surface area (Å²) < 4.78 is 4.78. The lowest BCUT2D eigenvalue weighted by molar-refractivity contribution is -0.144. The number of likely N-dealkylation sites (N-methyl/N-ethyl adjacent to an activating group) is 1. The molecule has 4 nitrogen and oxygen atoms in total. The third-order valence-electron chi connectivity index (χ3n) is 1.64. The van der Waals surface area contributed by atoms with E-state index in [-0.39, 0.29) is 25.0 Å². The smallest absolute Gasteiger partial charge is 0.320 e. The maximum Gasteiger partial charge on any atom is 0.320 e. The van der Waals surface area contributed by atoms with Crippen molar-refractivity contribution in [3.63, 3.8) is 0 Å². The van der Waals surface area contributed by atoms with E-state index in [1.54, 1.807) is 6.92 Å². The zero-order valence-electron chi connectivity index (χ0n) is 8.62. The second kappa shape index (κ2) is 6.86. The number of ether oxygens (including phenoxy) is 1. The van der Waals surface area contributed by atoms with Crippen LogP contribution in [-0.2, 0) is 9.53 Å². The van der Waals surface area contributed by atoms with Crippen molar-refractivity contribution in [3.05, 3.63) is 0 Å². The summed E-state index contributed by atoms with van der Waals surface area (Å²) in [6.45, 7) is 5.28. The van der Waals surface area contributed by atoms with Crippen LogP contribution in [0.1, 0.15) is 13.8 Å². The molecule has 0 saturated heterocycles. The van der Waals surface area contributed by atoms with Crippen LogP contribution in [0.25, 0.3) is 0 Å². The zero-order valence-corrected chi connectivity index (χ0v) is 8.62. The van der Waals surface area contributed by atoms with Crippen molar-refractivity contribution in [2.75, 3.05) is 33.4 Å². The lowest BCUT2D eigenvalue weighted by Crippen LogP contribution is -2.32. The summed E-state index contributed by atoms with van der Waals surface area (Å²) in [5, 5.41) is 8.78. The quantitative estimate of drug-likeness (QED) is 0.602. The van der Waals surface area contributed by atoms with Gasteiger partial charge in [-0.15, -0.1) is 0 Å². The highest BCUT2D eigenvalue weighted by Gasteiger charge is 2.09. The van der Waals surface area contributed by atoms with E-state index < -0.39 is 0 Å². The molecular weight excluding hydrogens is 170 g/mol. The van der Waals surface area contributed by atoms with Gasteiger partial charge in [0.05, 0.1) is 13.2 Å². The molecule has 4 heteroatoms. The van der Waals surface area contributed by atoms with Crippen LogP contribution in [0.5, 0.6) is 0 Å². The molecule has 0 spiro atoms. The molecule has 1 N–H and O–H groups in total. The van der Waals surface area contributed by atoms with E-state index in [9.17, 15) is 4.79 Å². The number of hydrogen-bond acceptors (Lipinski definition) is 4. The van der Waals surface area contributed by atoms with E-state index in [4.69, 9.17) is 9.84 Å². The van der Waals surface area contributed by atoms with Gasteiger partial charge in [-0.25, -0.2) is 0 Å². The predicted molar refractivity (Wildman–Crippen MR) is 50.4 cm³/mol. The third-order valence-corrected chi connectivity index (χ3v) is 1.64. The number of aliphatic hydroxyl groups excluding tert-OH is 1. The molecule has 0 fully saturated rings. The summed E-state index contributed by atoms with van der Waals surface area (Å²) in [4.78, 5) is 12.8. The number of nitrogens with zero attached hydrogens (tertiary/aromatic N) is 1. The fourth-order valence-corrected chi connectivity index (χ4v) is 1.08. The maximum atomic E-state index is 11.0. The van der Waals surface area contributed by atoms with E-state index in [2.05, 4.69) is 0 Å². The van der Waals surface area contributed by atoms with Gasteiger partial charge in [0.1, 0.15) is 0 Å². The van der Waals surface area contributed by atoms with Crippen LogP contribution in [0, 0.1) is 5.92 Å². The summed E-state index contributed by atoms with van der Waals surface area (Å²) >= 11 is 0. The van der Waals surface area contributed by atoms with E-state index in [1.165, 1.54) is 0 Å². The molecule has 0 aromatic rings. The second-order valence-corrected chi connectivity index (χ2v) is 3.29. The first-order chi connectivity index (χ1) is 6.10. The lowest BCUT2D eigenvalue weighted by atomic mass is 10.2. The Kier molecular flexibility index (Phi) is 6.54. The van der Waals surface area contributed by atoms with E-state index >= 15 is 0 Å². The van der Waals surface area contributed by atoms with Gasteiger partial charge in [-0.3, -0.25) is 9.69 Å². The molecule has 0 aliphatic heterocycles. The molecule has 0 aliphatic carbocycles. The highest BCUT2D eigenvalue weighted by Crippen LogP contribution is 1.96. The predicted octanol–water partition coefficient (Wildman–Crippen LogP) is 0.110. The van der Waals surface area contributed by atoms with Crippen molar-refractivity contribution in [1.29, 1.82) is 0 Å². The van der Waals surface area contributed by atoms with Crippen molar-refractivity contribution < 1.29 is 14.6 Å². The summed E-state index contributed by atoms with van der Waals surface area (Å²) in [7, 11) is 1.84. The molecular formula is C9H19NO3. The molecule has 13 heavy (non-hydrogen) atoms. The zero-order chi connectivity index (χ0) is 10.3. The minimum atomic E-state index is -0.213.